The third kappa shape index (κ3) is 3.55. The van der Waals surface area contributed by atoms with E-state index in [1.807, 2.05) is 25.7 Å². The minimum atomic E-state index is -0.422. The van der Waals surface area contributed by atoms with Gasteiger partial charge in [0, 0.05) is 19.7 Å². The molecule has 7 heteroatoms. The fourth-order valence-corrected chi connectivity index (χ4v) is 3.21. The average molecular weight is 322 g/mol. The highest BCUT2D eigenvalue weighted by molar-refractivity contribution is 5.81. The van der Waals surface area contributed by atoms with Crippen molar-refractivity contribution in [1.29, 1.82) is 0 Å². The van der Waals surface area contributed by atoms with Crippen molar-refractivity contribution in [2.45, 2.75) is 58.9 Å². The van der Waals surface area contributed by atoms with Crippen LogP contribution in [0.1, 0.15) is 38.3 Å². The van der Waals surface area contributed by atoms with Crippen LogP contribution in [0.2, 0.25) is 0 Å². The summed E-state index contributed by atoms with van der Waals surface area (Å²) >= 11 is 0. The summed E-state index contributed by atoms with van der Waals surface area (Å²) in [6.45, 7) is 9.21. The first-order valence-electron chi connectivity index (χ1n) is 8.47. The van der Waals surface area contributed by atoms with Crippen molar-refractivity contribution in [3.05, 3.63) is 11.6 Å². The van der Waals surface area contributed by atoms with Gasteiger partial charge in [-0.15, -0.1) is 10.2 Å². The van der Waals surface area contributed by atoms with E-state index in [2.05, 4.69) is 14.8 Å². The molecular weight excluding hydrogens is 296 g/mol. The molecule has 1 aromatic heterocycles. The molecule has 1 fully saturated rings. The van der Waals surface area contributed by atoms with Crippen LogP contribution >= 0.6 is 0 Å². The maximum absolute atomic E-state index is 12.9. The summed E-state index contributed by atoms with van der Waals surface area (Å²) in [4.78, 5) is 14.7. The van der Waals surface area contributed by atoms with Crippen LogP contribution < -0.4 is 0 Å². The van der Waals surface area contributed by atoms with Gasteiger partial charge in [0.15, 0.2) is 5.82 Å². The first-order chi connectivity index (χ1) is 11.1. The van der Waals surface area contributed by atoms with E-state index < -0.39 is 6.10 Å². The van der Waals surface area contributed by atoms with Gasteiger partial charge in [-0.25, -0.2) is 0 Å². The molecule has 0 radical (unpaired) electrons. The molecule has 0 saturated carbocycles. The lowest BCUT2D eigenvalue weighted by Gasteiger charge is -2.32. The molecule has 0 unspecified atom stereocenters. The standard InChI is InChI=1S/C16H26N4O3/c1-11(2)15(23-10-13-5-4-8-22-13)16(21)19-6-7-20-12(3)17-18-14(20)9-19/h11,13,15H,4-10H2,1-3H3/t13-,15+/m1/s1. The smallest absolute Gasteiger partial charge is 0.252 e. The van der Waals surface area contributed by atoms with Crippen LogP contribution in [0.5, 0.6) is 0 Å². The van der Waals surface area contributed by atoms with Crippen molar-refractivity contribution in [2.75, 3.05) is 19.8 Å². The van der Waals surface area contributed by atoms with Crippen molar-refractivity contribution in [3.8, 4) is 0 Å². The molecule has 1 saturated heterocycles. The lowest BCUT2D eigenvalue weighted by molar-refractivity contribution is -0.150. The minimum Gasteiger partial charge on any atom is -0.376 e. The van der Waals surface area contributed by atoms with Gasteiger partial charge in [-0.2, -0.15) is 0 Å². The second-order valence-corrected chi connectivity index (χ2v) is 6.71. The number of carbonyl (C=O) groups excluding carboxylic acids is 1. The molecule has 0 spiro atoms. The number of ether oxygens (including phenoxy) is 2. The summed E-state index contributed by atoms with van der Waals surface area (Å²) in [6.07, 6.45) is 1.81. The molecule has 0 N–H and O–H groups in total. The van der Waals surface area contributed by atoms with Gasteiger partial charge in [0.05, 0.1) is 19.3 Å². The second kappa shape index (κ2) is 6.97. The molecule has 2 aliphatic heterocycles. The maximum Gasteiger partial charge on any atom is 0.252 e. The van der Waals surface area contributed by atoms with Crippen LogP contribution in [-0.4, -0.2) is 57.5 Å². The molecule has 0 aliphatic carbocycles. The summed E-state index contributed by atoms with van der Waals surface area (Å²) in [6, 6.07) is 0. The first-order valence-corrected chi connectivity index (χ1v) is 8.47. The third-order valence-electron chi connectivity index (χ3n) is 4.58. The molecule has 0 aromatic carbocycles. The van der Waals surface area contributed by atoms with E-state index >= 15 is 0 Å². The van der Waals surface area contributed by atoms with Gasteiger partial charge < -0.3 is 18.9 Å². The van der Waals surface area contributed by atoms with E-state index in [1.165, 1.54) is 0 Å². The normalized spacial score (nSPS) is 22.4. The number of hydrogen-bond donors (Lipinski definition) is 0. The summed E-state index contributed by atoms with van der Waals surface area (Å²) in [5.74, 6) is 1.93. The predicted octanol–water partition coefficient (Wildman–Crippen LogP) is 1.15. The Morgan fingerprint density at radius 3 is 2.91 bits per heavy atom. The number of carbonyl (C=O) groups is 1. The van der Waals surface area contributed by atoms with Crippen LogP contribution in [0.25, 0.3) is 0 Å². The Hall–Kier alpha value is -1.47. The highest BCUT2D eigenvalue weighted by Crippen LogP contribution is 2.19. The minimum absolute atomic E-state index is 0.0462. The zero-order valence-corrected chi connectivity index (χ0v) is 14.2. The quantitative estimate of drug-likeness (QED) is 0.813. The molecule has 7 nitrogen and oxygen atoms in total. The van der Waals surface area contributed by atoms with Gasteiger partial charge in [0.2, 0.25) is 0 Å². The number of hydrogen-bond acceptors (Lipinski definition) is 5. The van der Waals surface area contributed by atoms with Crippen molar-refractivity contribution in [1.82, 2.24) is 19.7 Å². The van der Waals surface area contributed by atoms with Crippen LogP contribution in [0.15, 0.2) is 0 Å². The Labute approximate surface area is 137 Å². The van der Waals surface area contributed by atoms with Gasteiger partial charge in [-0.3, -0.25) is 4.79 Å². The summed E-state index contributed by atoms with van der Waals surface area (Å²) in [7, 11) is 0. The number of amides is 1. The molecule has 3 heterocycles. The maximum atomic E-state index is 12.9. The Morgan fingerprint density at radius 1 is 1.39 bits per heavy atom. The molecule has 0 bridgehead atoms. The van der Waals surface area contributed by atoms with Crippen molar-refractivity contribution >= 4 is 5.91 Å². The summed E-state index contributed by atoms with van der Waals surface area (Å²) in [5, 5.41) is 8.25. The van der Waals surface area contributed by atoms with Crippen molar-refractivity contribution < 1.29 is 14.3 Å². The Morgan fingerprint density at radius 2 is 2.22 bits per heavy atom. The van der Waals surface area contributed by atoms with E-state index in [1.54, 1.807) is 0 Å². The Bertz CT molecular complexity index is 552. The zero-order chi connectivity index (χ0) is 16.4. The predicted molar refractivity (Wildman–Crippen MR) is 83.7 cm³/mol. The molecular formula is C16H26N4O3. The molecule has 2 atom stereocenters. The highest BCUT2D eigenvalue weighted by Gasteiger charge is 2.32. The molecule has 128 valence electrons. The van der Waals surface area contributed by atoms with E-state index in [0.717, 1.165) is 37.6 Å². The fraction of sp³-hybridized carbons (Fsp3) is 0.812. The van der Waals surface area contributed by atoms with Gasteiger partial charge in [-0.1, -0.05) is 13.8 Å². The van der Waals surface area contributed by atoms with Gasteiger partial charge >= 0.3 is 0 Å². The third-order valence-corrected chi connectivity index (χ3v) is 4.58. The van der Waals surface area contributed by atoms with E-state index in [9.17, 15) is 4.79 Å². The molecule has 1 aromatic rings. The number of fused-ring (bicyclic) bond motifs is 1. The van der Waals surface area contributed by atoms with E-state index in [-0.39, 0.29) is 17.9 Å². The second-order valence-electron chi connectivity index (χ2n) is 6.71. The lowest BCUT2D eigenvalue weighted by atomic mass is 10.1. The van der Waals surface area contributed by atoms with Crippen LogP contribution in [-0.2, 0) is 27.4 Å². The monoisotopic (exact) mass is 322 g/mol. The molecule has 2 aliphatic rings. The Balaban J connectivity index is 1.61. The lowest BCUT2D eigenvalue weighted by Crippen LogP contribution is -2.47. The molecule has 1 amide bonds. The number of rotatable bonds is 5. The van der Waals surface area contributed by atoms with Crippen molar-refractivity contribution in [3.63, 3.8) is 0 Å². The largest absolute Gasteiger partial charge is 0.376 e. The van der Waals surface area contributed by atoms with Gasteiger partial charge in [0.1, 0.15) is 11.9 Å². The summed E-state index contributed by atoms with van der Waals surface area (Å²) in [5.41, 5.74) is 0. The van der Waals surface area contributed by atoms with E-state index in [0.29, 0.717) is 19.7 Å². The average Bonchev–Trinajstić information content (AvgIpc) is 3.17. The van der Waals surface area contributed by atoms with Gasteiger partial charge in [0.25, 0.3) is 5.91 Å². The molecule has 23 heavy (non-hydrogen) atoms. The van der Waals surface area contributed by atoms with Crippen LogP contribution in [0.4, 0.5) is 0 Å². The van der Waals surface area contributed by atoms with E-state index in [4.69, 9.17) is 9.47 Å². The topological polar surface area (TPSA) is 69.5 Å². The molecule has 3 rings (SSSR count). The number of aromatic nitrogens is 3. The Kier molecular flexibility index (Phi) is 4.96. The first kappa shape index (κ1) is 16.4. The highest BCUT2D eigenvalue weighted by atomic mass is 16.5. The van der Waals surface area contributed by atoms with Crippen LogP contribution in [0.3, 0.4) is 0 Å². The SMILES string of the molecule is Cc1nnc2n1CCN(C(=O)[C@@H](OC[C@H]1CCCO1)C(C)C)C2. The number of nitrogens with zero attached hydrogens (tertiary/aromatic N) is 4. The number of aryl methyl sites for hydroxylation is 1. The summed E-state index contributed by atoms with van der Waals surface area (Å²) < 4.78 is 13.6. The zero-order valence-electron chi connectivity index (χ0n) is 14.2. The van der Waals surface area contributed by atoms with Gasteiger partial charge in [-0.05, 0) is 25.7 Å². The van der Waals surface area contributed by atoms with Crippen LogP contribution in [0, 0.1) is 12.8 Å². The van der Waals surface area contributed by atoms with Crippen molar-refractivity contribution in [2.24, 2.45) is 5.92 Å². The fourth-order valence-electron chi connectivity index (χ4n) is 3.21.